The minimum absolute atomic E-state index is 0.0899. The van der Waals surface area contributed by atoms with Crippen LogP contribution in [-0.4, -0.2) is 16.9 Å². The number of carbonyl (C=O) groups excluding carboxylic acids is 1. The van der Waals surface area contributed by atoms with Gasteiger partial charge in [-0.05, 0) is 31.9 Å². The lowest BCUT2D eigenvalue weighted by Crippen LogP contribution is -2.32. The summed E-state index contributed by atoms with van der Waals surface area (Å²) in [6.45, 7) is 5.99. The summed E-state index contributed by atoms with van der Waals surface area (Å²) in [5, 5.41) is 2.91. The molecular formula is C12H20N4O. The highest BCUT2D eigenvalue weighted by molar-refractivity contribution is 5.95. The lowest BCUT2D eigenvalue weighted by Gasteiger charge is -2.12. The molecule has 17 heavy (non-hydrogen) atoms. The van der Waals surface area contributed by atoms with Crippen molar-refractivity contribution in [1.82, 2.24) is 10.3 Å². The number of nitrogens with zero attached hydrogens (tertiary/aromatic N) is 1. The molecule has 0 fully saturated rings. The number of hydrazine groups is 1. The monoisotopic (exact) mass is 236 g/mol. The third-order valence-electron chi connectivity index (χ3n) is 2.64. The van der Waals surface area contributed by atoms with Crippen LogP contribution in [0.15, 0.2) is 12.1 Å². The molecule has 0 saturated carbocycles. The number of anilines is 1. The van der Waals surface area contributed by atoms with Gasteiger partial charge in [0, 0.05) is 17.3 Å². The molecule has 0 saturated heterocycles. The maximum absolute atomic E-state index is 11.9. The Balaban J connectivity index is 2.92. The molecule has 1 unspecified atom stereocenters. The fourth-order valence-electron chi connectivity index (χ4n) is 1.38. The van der Waals surface area contributed by atoms with Crippen LogP contribution in [0.2, 0.25) is 0 Å². The average Bonchev–Trinajstić information content (AvgIpc) is 2.37. The summed E-state index contributed by atoms with van der Waals surface area (Å²) < 4.78 is 0. The predicted molar refractivity (Wildman–Crippen MR) is 68.6 cm³/mol. The van der Waals surface area contributed by atoms with Crippen LogP contribution in [0.1, 0.15) is 43.2 Å². The Morgan fingerprint density at radius 2 is 2.18 bits per heavy atom. The zero-order valence-electron chi connectivity index (χ0n) is 10.6. The summed E-state index contributed by atoms with van der Waals surface area (Å²) >= 11 is 0. The number of hydrogen-bond donors (Lipinski definition) is 3. The number of aromatic nitrogens is 1. The van der Waals surface area contributed by atoms with Crippen LogP contribution < -0.4 is 16.6 Å². The van der Waals surface area contributed by atoms with Gasteiger partial charge in [-0.15, -0.1) is 0 Å². The summed E-state index contributed by atoms with van der Waals surface area (Å²) in [5.41, 5.74) is 3.90. The number of nitrogen functional groups attached to an aromatic ring is 1. The third kappa shape index (κ3) is 3.71. The van der Waals surface area contributed by atoms with E-state index in [0.29, 0.717) is 11.4 Å². The predicted octanol–water partition coefficient (Wildman–Crippen LogP) is 1.46. The summed E-state index contributed by atoms with van der Waals surface area (Å²) in [6, 6.07) is 3.60. The van der Waals surface area contributed by atoms with E-state index >= 15 is 0 Å². The Morgan fingerprint density at radius 3 is 2.71 bits per heavy atom. The molecular weight excluding hydrogens is 216 g/mol. The van der Waals surface area contributed by atoms with E-state index in [-0.39, 0.29) is 11.9 Å². The van der Waals surface area contributed by atoms with Gasteiger partial charge in [0.25, 0.3) is 5.91 Å². The Hall–Kier alpha value is -1.62. The number of nitrogens with one attached hydrogen (secondary N) is 2. The van der Waals surface area contributed by atoms with Crippen molar-refractivity contribution in [2.24, 2.45) is 5.84 Å². The van der Waals surface area contributed by atoms with Crippen molar-refractivity contribution in [2.75, 3.05) is 5.43 Å². The van der Waals surface area contributed by atoms with Crippen LogP contribution in [0.4, 0.5) is 5.82 Å². The van der Waals surface area contributed by atoms with E-state index in [4.69, 9.17) is 5.84 Å². The molecule has 5 nitrogen and oxygen atoms in total. The summed E-state index contributed by atoms with van der Waals surface area (Å²) in [6.07, 6.45) is 1.67. The van der Waals surface area contributed by atoms with Gasteiger partial charge in [0.1, 0.15) is 5.82 Å². The van der Waals surface area contributed by atoms with Crippen molar-refractivity contribution in [3.05, 3.63) is 23.4 Å². The second-order valence-electron chi connectivity index (χ2n) is 4.01. The molecule has 0 aliphatic heterocycles. The maximum atomic E-state index is 11.9. The van der Waals surface area contributed by atoms with Gasteiger partial charge in [-0.2, -0.15) is 0 Å². The van der Waals surface area contributed by atoms with E-state index in [1.54, 1.807) is 12.1 Å². The number of carbonyl (C=O) groups is 1. The Labute approximate surface area is 102 Å². The number of pyridine rings is 1. The first-order valence-corrected chi connectivity index (χ1v) is 5.89. The van der Waals surface area contributed by atoms with Crippen molar-refractivity contribution in [1.29, 1.82) is 0 Å². The fourth-order valence-corrected chi connectivity index (χ4v) is 1.38. The van der Waals surface area contributed by atoms with Gasteiger partial charge in [-0.1, -0.05) is 13.8 Å². The molecule has 94 valence electrons. The number of aryl methyl sites for hydroxylation is 1. The first-order chi connectivity index (χ1) is 8.10. The lowest BCUT2D eigenvalue weighted by atomic mass is 10.1. The Kier molecular flexibility index (Phi) is 4.90. The average molecular weight is 236 g/mol. The van der Waals surface area contributed by atoms with Crippen LogP contribution in [0.3, 0.4) is 0 Å². The molecule has 1 atom stereocenters. The molecule has 0 aliphatic carbocycles. The second-order valence-corrected chi connectivity index (χ2v) is 4.01. The molecule has 0 spiro atoms. The van der Waals surface area contributed by atoms with Crippen LogP contribution >= 0.6 is 0 Å². The summed E-state index contributed by atoms with van der Waals surface area (Å²) in [7, 11) is 0. The zero-order chi connectivity index (χ0) is 12.8. The van der Waals surface area contributed by atoms with Gasteiger partial charge < -0.3 is 10.7 Å². The topological polar surface area (TPSA) is 80.0 Å². The minimum Gasteiger partial charge on any atom is -0.350 e. The molecule has 1 rings (SSSR count). The fraction of sp³-hybridized carbons (Fsp3) is 0.500. The van der Waals surface area contributed by atoms with Crippen molar-refractivity contribution in [3.8, 4) is 0 Å². The van der Waals surface area contributed by atoms with E-state index < -0.39 is 0 Å². The normalized spacial score (nSPS) is 12.0. The van der Waals surface area contributed by atoms with Gasteiger partial charge in [-0.3, -0.25) is 4.79 Å². The highest BCUT2D eigenvalue weighted by atomic mass is 16.1. The molecule has 0 aromatic carbocycles. The minimum atomic E-state index is -0.0899. The quantitative estimate of drug-likeness (QED) is 0.534. The van der Waals surface area contributed by atoms with Crippen LogP contribution in [0, 0.1) is 0 Å². The van der Waals surface area contributed by atoms with Crippen molar-refractivity contribution >= 4 is 11.7 Å². The van der Waals surface area contributed by atoms with E-state index in [1.165, 1.54) is 0 Å². The van der Waals surface area contributed by atoms with E-state index in [1.807, 2.05) is 20.8 Å². The number of hydrogen-bond acceptors (Lipinski definition) is 4. The number of rotatable bonds is 5. The molecule has 1 amide bonds. The smallest absolute Gasteiger partial charge is 0.251 e. The highest BCUT2D eigenvalue weighted by Crippen LogP contribution is 2.10. The van der Waals surface area contributed by atoms with Gasteiger partial charge in [0.15, 0.2) is 0 Å². The SMILES string of the molecule is CCc1cc(C(=O)NC(C)CC)cc(NN)n1. The molecule has 1 aromatic heterocycles. The molecule has 0 aliphatic rings. The van der Waals surface area contributed by atoms with E-state index in [9.17, 15) is 4.79 Å². The molecule has 4 N–H and O–H groups in total. The molecule has 1 aromatic rings. The lowest BCUT2D eigenvalue weighted by molar-refractivity contribution is 0.0939. The maximum Gasteiger partial charge on any atom is 0.251 e. The Morgan fingerprint density at radius 1 is 1.47 bits per heavy atom. The molecule has 1 heterocycles. The van der Waals surface area contributed by atoms with E-state index in [2.05, 4.69) is 15.7 Å². The first-order valence-electron chi connectivity index (χ1n) is 5.89. The third-order valence-corrected chi connectivity index (χ3v) is 2.64. The van der Waals surface area contributed by atoms with Crippen LogP contribution in [0.5, 0.6) is 0 Å². The van der Waals surface area contributed by atoms with Gasteiger partial charge in [0.05, 0.1) is 0 Å². The second kappa shape index (κ2) is 6.20. The van der Waals surface area contributed by atoms with Gasteiger partial charge in [0.2, 0.25) is 0 Å². The van der Waals surface area contributed by atoms with Gasteiger partial charge in [-0.25, -0.2) is 10.8 Å². The van der Waals surface area contributed by atoms with Crippen molar-refractivity contribution in [3.63, 3.8) is 0 Å². The summed E-state index contributed by atoms with van der Waals surface area (Å²) in [4.78, 5) is 16.2. The number of nitrogens with two attached hydrogens (primary N) is 1. The van der Waals surface area contributed by atoms with Crippen LogP contribution in [0.25, 0.3) is 0 Å². The number of amides is 1. The first kappa shape index (κ1) is 13.4. The standard InChI is InChI=1S/C12H20N4O/c1-4-8(3)14-12(17)9-6-10(5-2)15-11(7-9)16-13/h6-8H,4-5,13H2,1-3H3,(H,14,17)(H,15,16). The largest absolute Gasteiger partial charge is 0.350 e. The highest BCUT2D eigenvalue weighted by Gasteiger charge is 2.11. The molecule has 0 radical (unpaired) electrons. The van der Waals surface area contributed by atoms with Crippen molar-refractivity contribution < 1.29 is 4.79 Å². The Bertz CT molecular complexity index is 370. The van der Waals surface area contributed by atoms with Crippen LogP contribution in [-0.2, 0) is 6.42 Å². The van der Waals surface area contributed by atoms with Crippen molar-refractivity contribution in [2.45, 2.75) is 39.7 Å². The zero-order valence-corrected chi connectivity index (χ0v) is 10.6. The van der Waals surface area contributed by atoms with E-state index in [0.717, 1.165) is 18.5 Å². The van der Waals surface area contributed by atoms with Gasteiger partial charge >= 0.3 is 0 Å². The molecule has 0 bridgehead atoms. The summed E-state index contributed by atoms with van der Waals surface area (Å²) in [5.74, 6) is 5.75. The molecule has 5 heteroatoms.